The molecule has 144 valence electrons. The molecule has 0 saturated carbocycles. The van der Waals surface area contributed by atoms with Gasteiger partial charge in [-0.25, -0.2) is 4.98 Å². The topological polar surface area (TPSA) is 89.3 Å². The second-order valence-electron chi connectivity index (χ2n) is 6.76. The van der Waals surface area contributed by atoms with Gasteiger partial charge in [0.15, 0.2) is 5.82 Å². The first-order valence-corrected chi connectivity index (χ1v) is 9.35. The smallest absolute Gasteiger partial charge is 0.201 e. The predicted molar refractivity (Wildman–Crippen MR) is 107 cm³/mol. The normalized spacial score (nSPS) is 11.4. The van der Waals surface area contributed by atoms with Gasteiger partial charge in [0, 0.05) is 18.0 Å². The maximum atomic E-state index is 5.17. The molecule has 8 heteroatoms. The maximum Gasteiger partial charge on any atom is 0.201 e. The number of ether oxygens (including phenoxy) is 1. The number of hydrogen-bond donors (Lipinski definition) is 2. The molecule has 0 unspecified atom stereocenters. The van der Waals surface area contributed by atoms with E-state index in [9.17, 15) is 0 Å². The summed E-state index contributed by atoms with van der Waals surface area (Å²) in [6.45, 7) is 8.49. The van der Waals surface area contributed by atoms with Crippen LogP contribution in [0.2, 0.25) is 0 Å². The summed E-state index contributed by atoms with van der Waals surface area (Å²) in [5.74, 6) is 3.23. The van der Waals surface area contributed by atoms with E-state index in [-0.39, 0.29) is 5.92 Å². The molecular weight excluding hydrogens is 342 g/mol. The van der Waals surface area contributed by atoms with E-state index >= 15 is 0 Å². The van der Waals surface area contributed by atoms with Crippen LogP contribution in [-0.4, -0.2) is 37.9 Å². The Balaban J connectivity index is 2.02. The van der Waals surface area contributed by atoms with Crippen LogP contribution in [0.25, 0.3) is 5.65 Å². The van der Waals surface area contributed by atoms with Gasteiger partial charge in [-0.1, -0.05) is 27.7 Å². The monoisotopic (exact) mass is 369 g/mol. The summed E-state index contributed by atoms with van der Waals surface area (Å²) in [5, 5.41) is 20.2. The number of rotatable bonds is 8. The van der Waals surface area contributed by atoms with Gasteiger partial charge in [-0.05, 0) is 25.0 Å². The SMILES string of the molecule is CCC(CC)Nc1cc(Nc2ccc(OC)cn2)c2nnc(C(C)C)n2n1. The van der Waals surface area contributed by atoms with Gasteiger partial charge in [0.1, 0.15) is 17.4 Å². The van der Waals surface area contributed by atoms with Gasteiger partial charge in [0.25, 0.3) is 0 Å². The van der Waals surface area contributed by atoms with Crippen LogP contribution in [0.5, 0.6) is 5.75 Å². The molecule has 0 radical (unpaired) electrons. The maximum absolute atomic E-state index is 5.17. The van der Waals surface area contributed by atoms with Crippen LogP contribution in [0.4, 0.5) is 17.3 Å². The second-order valence-corrected chi connectivity index (χ2v) is 6.76. The number of aromatic nitrogens is 5. The summed E-state index contributed by atoms with van der Waals surface area (Å²) >= 11 is 0. The standard InChI is InChI=1S/C19H27N7O/c1-6-13(7-2)21-17-10-15(22-16-9-8-14(27-5)11-20-16)19-24-23-18(12(3)4)26(19)25-17/h8-13H,6-7H2,1-5H3,(H,20,22)(H,21,25). The van der Waals surface area contributed by atoms with Crippen molar-refractivity contribution in [3.8, 4) is 5.75 Å². The fourth-order valence-corrected chi connectivity index (χ4v) is 2.83. The predicted octanol–water partition coefficient (Wildman–Crippen LogP) is 4.00. The molecule has 0 atom stereocenters. The number of methoxy groups -OCH3 is 1. The Labute approximate surface area is 159 Å². The molecule has 3 rings (SSSR count). The fraction of sp³-hybridized carbons (Fsp3) is 0.474. The van der Waals surface area contributed by atoms with E-state index in [0.717, 1.165) is 30.2 Å². The molecule has 0 saturated heterocycles. The largest absolute Gasteiger partial charge is 0.495 e. The van der Waals surface area contributed by atoms with Crippen molar-refractivity contribution in [3.05, 3.63) is 30.2 Å². The van der Waals surface area contributed by atoms with Crippen LogP contribution in [0.3, 0.4) is 0 Å². The first kappa shape index (κ1) is 18.9. The molecule has 3 heterocycles. The highest BCUT2D eigenvalue weighted by molar-refractivity contribution is 5.74. The lowest BCUT2D eigenvalue weighted by molar-refractivity contribution is 0.413. The third-order valence-electron chi connectivity index (χ3n) is 4.48. The lowest BCUT2D eigenvalue weighted by Gasteiger charge is -2.17. The van der Waals surface area contributed by atoms with E-state index in [0.29, 0.717) is 23.3 Å². The van der Waals surface area contributed by atoms with Crippen LogP contribution in [0, 0.1) is 0 Å². The van der Waals surface area contributed by atoms with Crippen molar-refractivity contribution in [2.24, 2.45) is 0 Å². The molecule has 0 aliphatic heterocycles. The minimum atomic E-state index is 0.211. The van der Waals surface area contributed by atoms with Gasteiger partial charge in [-0.15, -0.1) is 15.3 Å². The molecule has 0 aromatic carbocycles. The van der Waals surface area contributed by atoms with Crippen LogP contribution < -0.4 is 15.4 Å². The van der Waals surface area contributed by atoms with Crippen molar-refractivity contribution >= 4 is 23.0 Å². The summed E-state index contributed by atoms with van der Waals surface area (Å²) in [4.78, 5) is 4.38. The van der Waals surface area contributed by atoms with Gasteiger partial charge in [-0.3, -0.25) is 0 Å². The van der Waals surface area contributed by atoms with Gasteiger partial charge in [0.2, 0.25) is 5.65 Å². The molecule has 3 aromatic heterocycles. The number of anilines is 3. The fourth-order valence-electron chi connectivity index (χ4n) is 2.83. The molecule has 3 aromatic rings. The third kappa shape index (κ3) is 4.10. The summed E-state index contributed by atoms with van der Waals surface area (Å²) in [5.41, 5.74) is 1.47. The van der Waals surface area contributed by atoms with E-state index in [4.69, 9.17) is 9.84 Å². The zero-order chi connectivity index (χ0) is 19.4. The minimum absolute atomic E-state index is 0.211. The third-order valence-corrected chi connectivity index (χ3v) is 4.48. The van der Waals surface area contributed by atoms with Crippen molar-refractivity contribution < 1.29 is 4.74 Å². The molecule has 0 amide bonds. The Morgan fingerprint density at radius 3 is 2.48 bits per heavy atom. The summed E-state index contributed by atoms with van der Waals surface area (Å²) < 4.78 is 6.98. The van der Waals surface area contributed by atoms with Crippen LogP contribution in [0.15, 0.2) is 24.4 Å². The Hall–Kier alpha value is -2.90. The van der Waals surface area contributed by atoms with Gasteiger partial charge < -0.3 is 15.4 Å². The van der Waals surface area contributed by atoms with E-state index < -0.39 is 0 Å². The molecule has 27 heavy (non-hydrogen) atoms. The zero-order valence-corrected chi connectivity index (χ0v) is 16.5. The van der Waals surface area contributed by atoms with Gasteiger partial charge in [0.05, 0.1) is 19.0 Å². The number of fused-ring (bicyclic) bond motifs is 1. The molecule has 8 nitrogen and oxygen atoms in total. The highest BCUT2D eigenvalue weighted by Crippen LogP contribution is 2.26. The van der Waals surface area contributed by atoms with E-state index in [1.54, 1.807) is 17.8 Å². The van der Waals surface area contributed by atoms with Crippen molar-refractivity contribution in [3.63, 3.8) is 0 Å². The van der Waals surface area contributed by atoms with E-state index in [2.05, 4.69) is 53.5 Å². The molecule has 0 fully saturated rings. The molecule has 2 N–H and O–H groups in total. The van der Waals surface area contributed by atoms with Crippen molar-refractivity contribution in [2.45, 2.75) is 52.5 Å². The Kier molecular flexibility index (Phi) is 5.73. The first-order chi connectivity index (χ1) is 13.0. The lowest BCUT2D eigenvalue weighted by Crippen LogP contribution is -2.19. The van der Waals surface area contributed by atoms with Crippen LogP contribution in [0.1, 0.15) is 52.3 Å². The molecule has 0 aliphatic rings. The Morgan fingerprint density at radius 2 is 1.89 bits per heavy atom. The van der Waals surface area contributed by atoms with Crippen LogP contribution >= 0.6 is 0 Å². The quantitative estimate of drug-likeness (QED) is 0.620. The summed E-state index contributed by atoms with van der Waals surface area (Å²) in [6, 6.07) is 6.04. The molecule has 0 bridgehead atoms. The van der Waals surface area contributed by atoms with Crippen LogP contribution in [-0.2, 0) is 0 Å². The molecule has 0 aliphatic carbocycles. The highest BCUT2D eigenvalue weighted by atomic mass is 16.5. The molecular formula is C19H27N7O. The Bertz CT molecular complexity index is 885. The van der Waals surface area contributed by atoms with Gasteiger partial charge in [-0.2, -0.15) is 4.52 Å². The first-order valence-electron chi connectivity index (χ1n) is 9.35. The number of hydrogen-bond acceptors (Lipinski definition) is 7. The number of nitrogens with one attached hydrogen (secondary N) is 2. The Morgan fingerprint density at radius 1 is 1.11 bits per heavy atom. The van der Waals surface area contributed by atoms with E-state index in [1.165, 1.54) is 0 Å². The highest BCUT2D eigenvalue weighted by Gasteiger charge is 2.17. The van der Waals surface area contributed by atoms with Crippen molar-refractivity contribution in [1.82, 2.24) is 24.8 Å². The average molecular weight is 369 g/mol. The summed E-state index contributed by atoms with van der Waals surface area (Å²) in [7, 11) is 1.62. The second kappa shape index (κ2) is 8.20. The average Bonchev–Trinajstić information content (AvgIpc) is 3.11. The molecule has 0 spiro atoms. The number of nitrogens with zero attached hydrogens (tertiary/aromatic N) is 5. The van der Waals surface area contributed by atoms with Crippen molar-refractivity contribution in [1.29, 1.82) is 0 Å². The lowest BCUT2D eigenvalue weighted by atomic mass is 10.2. The van der Waals surface area contributed by atoms with E-state index in [1.807, 2.05) is 18.2 Å². The summed E-state index contributed by atoms with van der Waals surface area (Å²) in [6.07, 6.45) is 3.73. The van der Waals surface area contributed by atoms with Crippen molar-refractivity contribution in [2.75, 3.05) is 17.7 Å². The van der Waals surface area contributed by atoms with Gasteiger partial charge >= 0.3 is 0 Å². The number of pyridine rings is 1. The zero-order valence-electron chi connectivity index (χ0n) is 16.5. The minimum Gasteiger partial charge on any atom is -0.495 e.